The molecular formula is C5H11NNbO. The van der Waals surface area contributed by atoms with Crippen LogP contribution >= 0.6 is 0 Å². The van der Waals surface area contributed by atoms with Gasteiger partial charge in [0.05, 0.1) is 0 Å². The fourth-order valence-corrected chi connectivity index (χ4v) is 0. The van der Waals surface area contributed by atoms with Crippen LogP contribution in [0, 0.1) is 5.41 Å². The fourth-order valence-electron chi connectivity index (χ4n) is 0. The minimum Gasteiger partial charge on any atom is -0.369 e. The van der Waals surface area contributed by atoms with E-state index in [1.807, 2.05) is 0 Å². The zero-order valence-corrected chi connectivity index (χ0v) is 7.63. The molecule has 0 aromatic rings. The molecule has 0 aliphatic heterocycles. The summed E-state index contributed by atoms with van der Waals surface area (Å²) in [6.45, 7) is 5.36. The van der Waals surface area contributed by atoms with Gasteiger partial charge in [0.15, 0.2) is 0 Å². The molecule has 2 N–H and O–H groups in total. The monoisotopic (exact) mass is 194 g/mol. The summed E-state index contributed by atoms with van der Waals surface area (Å²) in [7, 11) is 0. The van der Waals surface area contributed by atoms with Gasteiger partial charge in [-0.25, -0.2) is 0 Å². The van der Waals surface area contributed by atoms with Crippen LogP contribution in [0.25, 0.3) is 0 Å². The average molecular weight is 194 g/mol. The molecule has 0 aliphatic rings. The van der Waals surface area contributed by atoms with Crippen LogP contribution in [0.3, 0.4) is 0 Å². The molecule has 0 atom stereocenters. The van der Waals surface area contributed by atoms with E-state index < -0.39 is 0 Å². The first-order valence-electron chi connectivity index (χ1n) is 2.24. The Morgan fingerprint density at radius 3 is 1.50 bits per heavy atom. The summed E-state index contributed by atoms with van der Waals surface area (Å²) in [4.78, 5) is 10.2. The standard InChI is InChI=1S/C5H11NO.Nb/c1-5(2,3)4(6)7;/h1-3H3,(H2,6,7);. The Morgan fingerprint density at radius 2 is 1.50 bits per heavy atom. The molecule has 0 fully saturated rings. The van der Waals surface area contributed by atoms with Gasteiger partial charge in [-0.1, -0.05) is 20.8 Å². The van der Waals surface area contributed by atoms with Gasteiger partial charge >= 0.3 is 0 Å². The quantitative estimate of drug-likeness (QED) is 0.561. The molecule has 2 nitrogen and oxygen atoms in total. The van der Waals surface area contributed by atoms with E-state index in [1.165, 1.54) is 0 Å². The van der Waals surface area contributed by atoms with Crippen LogP contribution in [-0.4, -0.2) is 5.91 Å². The van der Waals surface area contributed by atoms with Gasteiger partial charge < -0.3 is 5.73 Å². The van der Waals surface area contributed by atoms with Gasteiger partial charge in [0.2, 0.25) is 5.91 Å². The van der Waals surface area contributed by atoms with Gasteiger partial charge in [-0.05, 0) is 0 Å². The molecule has 0 aromatic carbocycles. The number of nitrogens with two attached hydrogens (primary N) is 1. The van der Waals surface area contributed by atoms with Crippen molar-refractivity contribution in [1.82, 2.24) is 0 Å². The Balaban J connectivity index is 0. The number of rotatable bonds is 0. The van der Waals surface area contributed by atoms with Crippen LogP contribution in [0.2, 0.25) is 0 Å². The molecular weight excluding hydrogens is 183 g/mol. The van der Waals surface area contributed by atoms with E-state index in [-0.39, 0.29) is 33.7 Å². The zero-order chi connectivity index (χ0) is 6.08. The minimum absolute atomic E-state index is 0. The van der Waals surface area contributed by atoms with Gasteiger partial charge in [-0.2, -0.15) is 0 Å². The summed E-state index contributed by atoms with van der Waals surface area (Å²) in [5.74, 6) is -0.257. The molecule has 0 saturated heterocycles. The summed E-state index contributed by atoms with van der Waals surface area (Å²) >= 11 is 0. The summed E-state index contributed by atoms with van der Waals surface area (Å²) in [5, 5.41) is 0. The summed E-state index contributed by atoms with van der Waals surface area (Å²) in [5.41, 5.74) is 4.57. The van der Waals surface area contributed by atoms with Crippen LogP contribution < -0.4 is 5.73 Å². The largest absolute Gasteiger partial charge is 0.369 e. The smallest absolute Gasteiger partial charge is 0.222 e. The second-order valence-electron chi connectivity index (χ2n) is 2.61. The van der Waals surface area contributed by atoms with Gasteiger partial charge in [-0.3, -0.25) is 4.79 Å². The zero-order valence-electron chi connectivity index (χ0n) is 5.43. The van der Waals surface area contributed by atoms with Gasteiger partial charge in [-0.15, -0.1) is 0 Å². The molecule has 3 heteroatoms. The third-order valence-corrected chi connectivity index (χ3v) is 0.739. The van der Waals surface area contributed by atoms with Crippen LogP contribution in [0.15, 0.2) is 0 Å². The number of carbonyl (C=O) groups is 1. The maximum Gasteiger partial charge on any atom is 0.222 e. The van der Waals surface area contributed by atoms with E-state index in [1.54, 1.807) is 20.8 Å². The third kappa shape index (κ3) is 4.37. The molecule has 1 radical (unpaired) electrons. The number of amides is 1. The molecule has 47 valence electrons. The van der Waals surface area contributed by atoms with Crippen LogP contribution in [-0.2, 0) is 27.2 Å². The Bertz CT molecular complexity index is 84.9. The maximum absolute atomic E-state index is 10.2. The normalized spacial score (nSPS) is 9.88. The van der Waals surface area contributed by atoms with Crippen molar-refractivity contribution < 1.29 is 27.2 Å². The maximum atomic E-state index is 10.2. The van der Waals surface area contributed by atoms with E-state index in [0.29, 0.717) is 0 Å². The van der Waals surface area contributed by atoms with Crippen molar-refractivity contribution in [1.29, 1.82) is 0 Å². The molecule has 0 rings (SSSR count). The molecule has 0 unspecified atom stereocenters. The average Bonchev–Trinajstić information content (AvgIpc) is 1.31. The molecule has 0 saturated carbocycles. The molecule has 0 aliphatic carbocycles. The number of hydrogen-bond acceptors (Lipinski definition) is 1. The van der Waals surface area contributed by atoms with Crippen LogP contribution in [0.1, 0.15) is 20.8 Å². The predicted octanol–water partition coefficient (Wildman–Crippen LogP) is 0.515. The summed E-state index contributed by atoms with van der Waals surface area (Å²) < 4.78 is 0. The molecule has 0 aromatic heterocycles. The van der Waals surface area contributed by atoms with Crippen molar-refractivity contribution in [2.24, 2.45) is 11.1 Å². The number of hydrogen-bond donors (Lipinski definition) is 1. The Labute approximate surface area is 65.3 Å². The first kappa shape index (κ1) is 11.1. The van der Waals surface area contributed by atoms with Crippen molar-refractivity contribution in [2.75, 3.05) is 0 Å². The van der Waals surface area contributed by atoms with E-state index in [9.17, 15) is 4.79 Å². The van der Waals surface area contributed by atoms with E-state index in [0.717, 1.165) is 0 Å². The molecule has 1 amide bonds. The Morgan fingerprint density at radius 1 is 1.38 bits per heavy atom. The predicted molar refractivity (Wildman–Crippen MR) is 28.6 cm³/mol. The van der Waals surface area contributed by atoms with E-state index in [4.69, 9.17) is 5.73 Å². The van der Waals surface area contributed by atoms with Gasteiger partial charge in [0.1, 0.15) is 0 Å². The van der Waals surface area contributed by atoms with E-state index >= 15 is 0 Å². The van der Waals surface area contributed by atoms with Gasteiger partial charge in [0.25, 0.3) is 0 Å². The van der Waals surface area contributed by atoms with Crippen LogP contribution in [0.5, 0.6) is 0 Å². The first-order chi connectivity index (χ1) is 2.94. The van der Waals surface area contributed by atoms with E-state index in [2.05, 4.69) is 0 Å². The molecule has 0 spiro atoms. The Hall–Kier alpha value is 0.210. The van der Waals surface area contributed by atoms with Crippen molar-refractivity contribution >= 4 is 5.91 Å². The Kier molecular flexibility index (Phi) is 4.53. The first-order valence-corrected chi connectivity index (χ1v) is 2.24. The molecule has 8 heavy (non-hydrogen) atoms. The van der Waals surface area contributed by atoms with Crippen molar-refractivity contribution in [2.45, 2.75) is 20.8 Å². The second kappa shape index (κ2) is 3.28. The topological polar surface area (TPSA) is 43.1 Å². The number of carbonyl (C=O) groups excluding carboxylic acids is 1. The van der Waals surface area contributed by atoms with Crippen LogP contribution in [0.4, 0.5) is 0 Å². The number of primary amides is 1. The molecule has 0 bridgehead atoms. The van der Waals surface area contributed by atoms with Gasteiger partial charge in [0, 0.05) is 27.8 Å². The second-order valence-corrected chi connectivity index (χ2v) is 2.61. The van der Waals surface area contributed by atoms with Crippen molar-refractivity contribution in [3.05, 3.63) is 0 Å². The summed E-state index contributed by atoms with van der Waals surface area (Å²) in [6, 6.07) is 0. The van der Waals surface area contributed by atoms with Crippen molar-refractivity contribution in [3.8, 4) is 0 Å². The van der Waals surface area contributed by atoms with Crippen molar-refractivity contribution in [3.63, 3.8) is 0 Å². The summed E-state index contributed by atoms with van der Waals surface area (Å²) in [6.07, 6.45) is 0. The fraction of sp³-hybridized carbons (Fsp3) is 0.800. The third-order valence-electron chi connectivity index (χ3n) is 0.739. The SMILES string of the molecule is CC(C)(C)C(N)=O.[Nb]. The minimum atomic E-state index is -0.361. The molecule has 0 heterocycles.